The van der Waals surface area contributed by atoms with Gasteiger partial charge in [0, 0.05) is 12.0 Å². The number of carbonyl (C=O) groups is 2. The van der Waals surface area contributed by atoms with E-state index in [4.69, 9.17) is 0 Å². The largest absolute Gasteiger partial charge is 0.344 e. The van der Waals surface area contributed by atoms with Crippen molar-refractivity contribution in [1.29, 1.82) is 0 Å². The van der Waals surface area contributed by atoms with Crippen molar-refractivity contribution in [1.82, 2.24) is 15.5 Å². The Labute approximate surface area is 169 Å². The van der Waals surface area contributed by atoms with Crippen LogP contribution in [0.3, 0.4) is 0 Å². The smallest absolute Gasteiger partial charge is 0.249 e. The maximum Gasteiger partial charge on any atom is 0.249 e. The Bertz CT molecular complexity index is 779. The molecule has 2 amide bonds. The molecule has 8 heteroatoms. The van der Waals surface area contributed by atoms with Crippen LogP contribution < -0.4 is 10.6 Å². The first-order valence-electron chi connectivity index (χ1n) is 9.64. The highest BCUT2D eigenvalue weighted by atomic mass is 32.1. The fraction of sp³-hybridized carbons (Fsp3) is 0.500. The van der Waals surface area contributed by atoms with Gasteiger partial charge in [0.1, 0.15) is 16.9 Å². The average molecular weight is 407 g/mol. The summed E-state index contributed by atoms with van der Waals surface area (Å²) in [4.78, 5) is 24.9. The van der Waals surface area contributed by atoms with E-state index in [1.165, 1.54) is 23.5 Å². The van der Waals surface area contributed by atoms with Gasteiger partial charge in [-0.1, -0.05) is 51.4 Å². The molecule has 0 radical (unpaired) electrons. The zero-order chi connectivity index (χ0) is 20.5. The minimum Gasteiger partial charge on any atom is -0.344 e. The van der Waals surface area contributed by atoms with Crippen molar-refractivity contribution in [2.24, 2.45) is 5.92 Å². The maximum absolute atomic E-state index is 13.1. The lowest BCUT2D eigenvalue weighted by molar-refractivity contribution is -0.127. The van der Waals surface area contributed by atoms with Crippen molar-refractivity contribution < 1.29 is 14.0 Å². The third kappa shape index (κ3) is 6.37. The first-order valence-corrected chi connectivity index (χ1v) is 10.5. The first kappa shape index (κ1) is 21.9. The summed E-state index contributed by atoms with van der Waals surface area (Å²) in [5, 5.41) is 14.6. The first-order chi connectivity index (χ1) is 13.4. The number of unbranched alkanes of at least 4 members (excludes halogenated alkanes) is 2. The number of rotatable bonds is 10. The molecule has 1 aromatic carbocycles. The van der Waals surface area contributed by atoms with E-state index in [9.17, 15) is 14.0 Å². The monoisotopic (exact) mass is 406 g/mol. The van der Waals surface area contributed by atoms with E-state index in [-0.39, 0.29) is 23.5 Å². The van der Waals surface area contributed by atoms with Gasteiger partial charge in [0.25, 0.3) is 0 Å². The number of nitrogens with zero attached hydrogens (tertiary/aromatic N) is 2. The Morgan fingerprint density at radius 3 is 2.50 bits per heavy atom. The van der Waals surface area contributed by atoms with Crippen LogP contribution in [0.25, 0.3) is 10.6 Å². The molecular weight excluding hydrogens is 379 g/mol. The number of nitrogens with one attached hydrogen (secondary N) is 2. The minimum atomic E-state index is -0.628. The van der Waals surface area contributed by atoms with Crippen molar-refractivity contribution in [3.05, 3.63) is 30.1 Å². The van der Waals surface area contributed by atoms with Gasteiger partial charge in [-0.3, -0.25) is 14.9 Å². The van der Waals surface area contributed by atoms with Gasteiger partial charge in [0.15, 0.2) is 0 Å². The third-order valence-electron chi connectivity index (χ3n) is 4.57. The van der Waals surface area contributed by atoms with E-state index < -0.39 is 6.04 Å². The normalized spacial score (nSPS) is 13.0. The summed E-state index contributed by atoms with van der Waals surface area (Å²) < 4.78 is 13.1. The molecule has 0 saturated carbocycles. The summed E-state index contributed by atoms with van der Waals surface area (Å²) in [6.45, 7) is 5.99. The van der Waals surface area contributed by atoms with Gasteiger partial charge in [-0.25, -0.2) is 4.39 Å². The summed E-state index contributed by atoms with van der Waals surface area (Å²) in [5.41, 5.74) is 0.724. The second kappa shape index (κ2) is 10.8. The molecule has 1 aromatic heterocycles. The zero-order valence-corrected chi connectivity index (χ0v) is 17.3. The minimum absolute atomic E-state index is 0.0142. The number of halogens is 1. The van der Waals surface area contributed by atoms with E-state index in [0.717, 1.165) is 31.2 Å². The van der Waals surface area contributed by atoms with Gasteiger partial charge in [-0.15, -0.1) is 10.2 Å². The van der Waals surface area contributed by atoms with Crippen LogP contribution in [-0.2, 0) is 9.59 Å². The third-order valence-corrected chi connectivity index (χ3v) is 5.45. The molecule has 1 heterocycles. The molecule has 0 saturated heterocycles. The summed E-state index contributed by atoms with van der Waals surface area (Å²) in [7, 11) is 0. The van der Waals surface area contributed by atoms with E-state index in [0.29, 0.717) is 16.6 Å². The highest BCUT2D eigenvalue weighted by Gasteiger charge is 2.26. The molecule has 0 spiro atoms. The molecule has 152 valence electrons. The lowest BCUT2D eigenvalue weighted by Gasteiger charge is -2.23. The quantitative estimate of drug-likeness (QED) is 0.573. The number of hydrogen-bond acceptors (Lipinski definition) is 5. The standard InChI is InChI=1S/C20H27FN4O2S/c1-4-6-7-8-16(26)22-17(13(3)5-2)18(27)23-20-25-24-19(28-20)14-9-11-15(21)12-10-14/h9-13,17H,4-8H2,1-3H3,(H,22,26)(H,23,25,27)/t13-,17-/m0/s1. The number of amides is 2. The van der Waals surface area contributed by atoms with Gasteiger partial charge in [-0.2, -0.15) is 0 Å². The van der Waals surface area contributed by atoms with E-state index >= 15 is 0 Å². The van der Waals surface area contributed by atoms with Gasteiger partial charge in [0.05, 0.1) is 0 Å². The van der Waals surface area contributed by atoms with E-state index in [1.807, 2.05) is 13.8 Å². The van der Waals surface area contributed by atoms with Crippen LogP contribution >= 0.6 is 11.3 Å². The zero-order valence-electron chi connectivity index (χ0n) is 16.5. The number of carbonyl (C=O) groups excluding carboxylic acids is 2. The van der Waals surface area contributed by atoms with Crippen LogP contribution in [0.2, 0.25) is 0 Å². The van der Waals surface area contributed by atoms with Gasteiger partial charge >= 0.3 is 0 Å². The highest BCUT2D eigenvalue weighted by molar-refractivity contribution is 7.18. The Kier molecular flexibility index (Phi) is 8.50. The molecule has 0 aliphatic heterocycles. The number of benzene rings is 1. The van der Waals surface area contributed by atoms with Gasteiger partial charge < -0.3 is 5.32 Å². The van der Waals surface area contributed by atoms with Crippen molar-refractivity contribution in [2.45, 2.75) is 58.9 Å². The van der Waals surface area contributed by atoms with Crippen molar-refractivity contribution in [3.63, 3.8) is 0 Å². The van der Waals surface area contributed by atoms with Crippen molar-refractivity contribution in [2.75, 3.05) is 5.32 Å². The fourth-order valence-corrected chi connectivity index (χ4v) is 3.40. The van der Waals surface area contributed by atoms with Crippen LogP contribution in [0.4, 0.5) is 9.52 Å². The predicted molar refractivity (Wildman–Crippen MR) is 109 cm³/mol. The molecule has 0 aliphatic carbocycles. The van der Waals surface area contributed by atoms with Crippen LogP contribution in [0, 0.1) is 11.7 Å². The molecule has 2 N–H and O–H groups in total. The summed E-state index contributed by atoms with van der Waals surface area (Å²) in [6, 6.07) is 5.29. The van der Waals surface area contributed by atoms with E-state index in [2.05, 4.69) is 27.8 Å². The fourth-order valence-electron chi connectivity index (χ4n) is 2.65. The molecule has 6 nitrogen and oxygen atoms in total. The Balaban J connectivity index is 2.02. The second-order valence-electron chi connectivity index (χ2n) is 6.80. The molecule has 28 heavy (non-hydrogen) atoms. The molecule has 2 atom stereocenters. The molecule has 0 bridgehead atoms. The Hall–Kier alpha value is -2.35. The SMILES string of the molecule is CCCCCC(=O)N[C@H](C(=O)Nc1nnc(-c2ccc(F)cc2)s1)[C@@H](C)CC. The molecule has 2 rings (SSSR count). The van der Waals surface area contributed by atoms with Crippen LogP contribution in [0.1, 0.15) is 52.9 Å². The number of anilines is 1. The average Bonchev–Trinajstić information content (AvgIpc) is 3.14. The summed E-state index contributed by atoms with van der Waals surface area (Å²) in [5.74, 6) is -0.759. The molecular formula is C20H27FN4O2S. The van der Waals surface area contributed by atoms with Crippen molar-refractivity contribution in [3.8, 4) is 10.6 Å². The second-order valence-corrected chi connectivity index (χ2v) is 7.77. The van der Waals surface area contributed by atoms with Crippen LogP contribution in [0.5, 0.6) is 0 Å². The topological polar surface area (TPSA) is 84.0 Å². The Morgan fingerprint density at radius 1 is 1.14 bits per heavy atom. The highest BCUT2D eigenvalue weighted by Crippen LogP contribution is 2.26. The van der Waals surface area contributed by atoms with Crippen LogP contribution in [-0.4, -0.2) is 28.1 Å². The summed E-state index contributed by atoms with van der Waals surface area (Å²) >= 11 is 1.20. The van der Waals surface area contributed by atoms with Crippen LogP contribution in [0.15, 0.2) is 24.3 Å². The summed E-state index contributed by atoms with van der Waals surface area (Å²) in [6.07, 6.45) is 4.01. The maximum atomic E-state index is 13.1. The van der Waals surface area contributed by atoms with Crippen molar-refractivity contribution >= 4 is 28.3 Å². The number of hydrogen-bond donors (Lipinski definition) is 2. The lowest BCUT2D eigenvalue weighted by Crippen LogP contribution is -2.47. The molecule has 0 aliphatic rings. The van der Waals surface area contributed by atoms with Gasteiger partial charge in [0.2, 0.25) is 16.9 Å². The lowest BCUT2D eigenvalue weighted by atomic mass is 9.98. The predicted octanol–water partition coefficient (Wildman–Crippen LogP) is 4.39. The van der Waals surface area contributed by atoms with Gasteiger partial charge in [-0.05, 0) is 36.6 Å². The number of aromatic nitrogens is 2. The Morgan fingerprint density at radius 2 is 1.86 bits per heavy atom. The molecule has 0 fully saturated rings. The van der Waals surface area contributed by atoms with E-state index in [1.54, 1.807) is 12.1 Å². The molecule has 0 unspecified atom stereocenters. The molecule has 2 aromatic rings.